The lowest BCUT2D eigenvalue weighted by molar-refractivity contribution is -0.142. The summed E-state index contributed by atoms with van der Waals surface area (Å²) in [5, 5.41) is 3.69. The van der Waals surface area contributed by atoms with Gasteiger partial charge >= 0.3 is 5.97 Å². The number of methoxy groups -OCH3 is 2. The Balaban J connectivity index is 3.15. The number of carbonyl (C=O) groups is 1. The maximum absolute atomic E-state index is 11.4. The Hall–Kier alpha value is -1.91. The highest BCUT2D eigenvalue weighted by molar-refractivity contribution is 6.32. The van der Waals surface area contributed by atoms with Crippen molar-refractivity contribution in [1.29, 1.82) is 0 Å². The van der Waals surface area contributed by atoms with Gasteiger partial charge in [0, 0.05) is 4.91 Å². The largest absolute Gasteiger partial charge is 0.495 e. The number of hydrogen-bond donors (Lipinski definition) is 0. The SMILES string of the molecule is COC(=O)[C@H](N=[N+]=[N-])c1ccc(OC)c(Cl)c1. The van der Waals surface area contributed by atoms with Crippen LogP contribution in [0.1, 0.15) is 11.6 Å². The van der Waals surface area contributed by atoms with Gasteiger partial charge in [-0.15, -0.1) is 0 Å². The van der Waals surface area contributed by atoms with E-state index in [0.29, 0.717) is 16.3 Å². The van der Waals surface area contributed by atoms with Gasteiger partial charge in [-0.25, -0.2) is 0 Å². The van der Waals surface area contributed by atoms with Crippen molar-refractivity contribution in [3.63, 3.8) is 0 Å². The van der Waals surface area contributed by atoms with E-state index >= 15 is 0 Å². The summed E-state index contributed by atoms with van der Waals surface area (Å²) in [5.41, 5.74) is 8.85. The number of hydrogen-bond acceptors (Lipinski definition) is 4. The molecule has 0 aromatic heterocycles. The molecule has 0 aliphatic rings. The molecule has 1 aromatic carbocycles. The molecule has 6 nitrogen and oxygen atoms in total. The summed E-state index contributed by atoms with van der Waals surface area (Å²) in [4.78, 5) is 14.0. The van der Waals surface area contributed by atoms with E-state index < -0.39 is 12.0 Å². The third kappa shape index (κ3) is 3.03. The molecule has 0 amide bonds. The number of carbonyl (C=O) groups excluding carboxylic acids is 1. The Kier molecular flexibility index (Phi) is 4.63. The minimum atomic E-state index is -1.05. The van der Waals surface area contributed by atoms with Crippen LogP contribution >= 0.6 is 11.6 Å². The fourth-order valence-electron chi connectivity index (χ4n) is 1.27. The van der Waals surface area contributed by atoms with Gasteiger partial charge < -0.3 is 9.47 Å². The number of ether oxygens (including phenoxy) is 2. The van der Waals surface area contributed by atoms with Gasteiger partial charge in [-0.1, -0.05) is 22.8 Å². The van der Waals surface area contributed by atoms with Crippen LogP contribution in [0.25, 0.3) is 10.4 Å². The Labute approximate surface area is 103 Å². The van der Waals surface area contributed by atoms with E-state index in [-0.39, 0.29) is 0 Å². The number of esters is 1. The highest BCUT2D eigenvalue weighted by Crippen LogP contribution is 2.29. The quantitative estimate of drug-likeness (QED) is 0.359. The van der Waals surface area contributed by atoms with Crippen molar-refractivity contribution < 1.29 is 14.3 Å². The second kappa shape index (κ2) is 5.98. The molecule has 17 heavy (non-hydrogen) atoms. The summed E-state index contributed by atoms with van der Waals surface area (Å²) < 4.78 is 9.51. The van der Waals surface area contributed by atoms with Crippen LogP contribution in [0, 0.1) is 0 Å². The average Bonchev–Trinajstić information content (AvgIpc) is 2.35. The molecule has 0 aliphatic carbocycles. The van der Waals surface area contributed by atoms with Crippen LogP contribution in [0.4, 0.5) is 0 Å². The fraction of sp³-hybridized carbons (Fsp3) is 0.300. The molecule has 0 radical (unpaired) electrons. The van der Waals surface area contributed by atoms with Crippen molar-refractivity contribution in [3.8, 4) is 5.75 Å². The monoisotopic (exact) mass is 255 g/mol. The van der Waals surface area contributed by atoms with Gasteiger partial charge in [-0.2, -0.15) is 0 Å². The molecule has 1 aromatic rings. The van der Waals surface area contributed by atoms with Gasteiger partial charge in [-0.3, -0.25) is 4.79 Å². The molecule has 0 saturated heterocycles. The van der Waals surface area contributed by atoms with Gasteiger partial charge in [0.1, 0.15) is 5.75 Å². The van der Waals surface area contributed by atoms with Gasteiger partial charge in [0.15, 0.2) is 6.04 Å². The number of benzene rings is 1. The number of halogens is 1. The minimum Gasteiger partial charge on any atom is -0.495 e. The maximum atomic E-state index is 11.4. The molecule has 0 spiro atoms. The first-order valence-electron chi connectivity index (χ1n) is 4.59. The van der Waals surface area contributed by atoms with Gasteiger partial charge in [-0.05, 0) is 23.2 Å². The van der Waals surface area contributed by atoms with E-state index in [1.807, 2.05) is 0 Å². The number of rotatable bonds is 4. The predicted molar refractivity (Wildman–Crippen MR) is 61.9 cm³/mol. The zero-order chi connectivity index (χ0) is 12.8. The fourth-order valence-corrected chi connectivity index (χ4v) is 1.53. The standard InChI is InChI=1S/C10H10ClN3O3/c1-16-8-4-3-6(5-7(8)11)9(13-14-12)10(15)17-2/h3-5,9H,1-2H3/t9-/m1/s1. The van der Waals surface area contributed by atoms with Gasteiger partial charge in [0.05, 0.1) is 19.2 Å². The zero-order valence-corrected chi connectivity index (χ0v) is 10.0. The van der Waals surface area contributed by atoms with Crippen LogP contribution in [0.15, 0.2) is 23.3 Å². The Bertz CT molecular complexity index is 472. The molecule has 0 N–H and O–H groups in total. The van der Waals surface area contributed by atoms with Crippen LogP contribution < -0.4 is 4.74 Å². The molecule has 0 fully saturated rings. The molecule has 0 saturated carbocycles. The summed E-state index contributed by atoms with van der Waals surface area (Å²) in [5.74, 6) is -0.177. The predicted octanol–water partition coefficient (Wildman–Crippen LogP) is 2.87. The third-order valence-corrected chi connectivity index (χ3v) is 2.38. The van der Waals surface area contributed by atoms with Gasteiger partial charge in [0.25, 0.3) is 0 Å². The van der Waals surface area contributed by atoms with E-state index in [1.54, 1.807) is 12.1 Å². The van der Waals surface area contributed by atoms with E-state index in [9.17, 15) is 4.79 Å². The van der Waals surface area contributed by atoms with Crippen LogP contribution in [0.2, 0.25) is 5.02 Å². The van der Waals surface area contributed by atoms with E-state index in [2.05, 4.69) is 14.8 Å². The summed E-state index contributed by atoms with van der Waals surface area (Å²) in [6, 6.07) is 3.62. The van der Waals surface area contributed by atoms with Crippen molar-refractivity contribution >= 4 is 17.6 Å². The smallest absolute Gasteiger partial charge is 0.319 e. The molecule has 90 valence electrons. The normalized spacial score (nSPS) is 11.2. The topological polar surface area (TPSA) is 84.3 Å². The van der Waals surface area contributed by atoms with Crippen molar-refractivity contribution in [2.75, 3.05) is 14.2 Å². The first-order valence-corrected chi connectivity index (χ1v) is 4.97. The van der Waals surface area contributed by atoms with Crippen molar-refractivity contribution in [3.05, 3.63) is 39.2 Å². The molecule has 0 bridgehead atoms. The van der Waals surface area contributed by atoms with Crippen LogP contribution in [0.5, 0.6) is 5.75 Å². The molecule has 1 rings (SSSR count). The van der Waals surface area contributed by atoms with Crippen LogP contribution in [-0.4, -0.2) is 20.2 Å². The minimum absolute atomic E-state index is 0.326. The van der Waals surface area contributed by atoms with Crippen LogP contribution in [-0.2, 0) is 9.53 Å². The maximum Gasteiger partial charge on any atom is 0.319 e. The molecule has 1 atom stereocenters. The van der Waals surface area contributed by atoms with Crippen molar-refractivity contribution in [2.24, 2.45) is 5.11 Å². The average molecular weight is 256 g/mol. The summed E-state index contributed by atoms with van der Waals surface area (Å²) in [6.07, 6.45) is 0. The van der Waals surface area contributed by atoms with Crippen molar-refractivity contribution in [2.45, 2.75) is 6.04 Å². The lowest BCUT2D eigenvalue weighted by atomic mass is 10.1. The Morgan fingerprint density at radius 3 is 2.71 bits per heavy atom. The summed E-state index contributed by atoms with van der Waals surface area (Å²) in [7, 11) is 2.69. The second-order valence-corrected chi connectivity index (χ2v) is 3.43. The molecule has 7 heteroatoms. The third-order valence-electron chi connectivity index (χ3n) is 2.08. The van der Waals surface area contributed by atoms with Gasteiger partial charge in [0.2, 0.25) is 0 Å². The Morgan fingerprint density at radius 1 is 1.53 bits per heavy atom. The highest BCUT2D eigenvalue weighted by atomic mass is 35.5. The summed E-state index contributed by atoms with van der Waals surface area (Å²) in [6.45, 7) is 0. The first kappa shape index (κ1) is 13.2. The zero-order valence-electron chi connectivity index (χ0n) is 9.25. The molecule has 0 heterocycles. The number of nitrogens with zero attached hydrogens (tertiary/aromatic N) is 3. The van der Waals surface area contributed by atoms with E-state index in [0.717, 1.165) is 0 Å². The molecule has 0 aliphatic heterocycles. The molecular weight excluding hydrogens is 246 g/mol. The Morgan fingerprint density at radius 2 is 2.24 bits per heavy atom. The lowest BCUT2D eigenvalue weighted by Crippen LogP contribution is -2.11. The molecule has 0 unspecified atom stereocenters. The van der Waals surface area contributed by atoms with Crippen LogP contribution in [0.3, 0.4) is 0 Å². The second-order valence-electron chi connectivity index (χ2n) is 3.02. The first-order chi connectivity index (χ1) is 8.13. The van der Waals surface area contributed by atoms with Crippen molar-refractivity contribution in [1.82, 2.24) is 0 Å². The summed E-state index contributed by atoms with van der Waals surface area (Å²) >= 11 is 5.91. The highest BCUT2D eigenvalue weighted by Gasteiger charge is 2.20. The van der Waals surface area contributed by atoms with E-state index in [1.165, 1.54) is 20.3 Å². The number of azide groups is 1. The molecular formula is C10H10ClN3O3. The van der Waals surface area contributed by atoms with E-state index in [4.69, 9.17) is 21.9 Å². The lowest BCUT2D eigenvalue weighted by Gasteiger charge is -2.10.